The molecule has 0 unspecified atom stereocenters. The second-order valence-electron chi connectivity index (χ2n) is 5.59. The molecule has 4 aromatic rings. The van der Waals surface area contributed by atoms with Gasteiger partial charge in [0.25, 0.3) is 0 Å². The Morgan fingerprint density at radius 1 is 1.19 bits per heavy atom. The van der Waals surface area contributed by atoms with Crippen molar-refractivity contribution >= 4 is 24.5 Å². The zero-order valence-electron chi connectivity index (χ0n) is 14.1. The number of furan rings is 1. The Hall–Kier alpha value is -3.59. The number of hydrogen-bond donors (Lipinski definition) is 1. The number of H-pyrrole nitrogens is 1. The first-order valence-electron chi connectivity index (χ1n) is 8.16. The van der Waals surface area contributed by atoms with Crippen LogP contribution in [-0.2, 0) is 6.54 Å². The summed E-state index contributed by atoms with van der Waals surface area (Å²) in [5.74, 6) is 1.08. The number of benzene rings is 1. The van der Waals surface area contributed by atoms with E-state index in [1.165, 1.54) is 10.2 Å². The minimum atomic E-state index is 0.375. The molecule has 0 aliphatic carbocycles. The zero-order chi connectivity index (χ0) is 18.5. The van der Waals surface area contributed by atoms with Crippen LogP contribution in [0.1, 0.15) is 11.3 Å². The fraction of sp³-hybridized carbons (Fsp3) is 0.0556. The highest BCUT2D eigenvalue weighted by molar-refractivity contribution is 7.71. The van der Waals surface area contributed by atoms with E-state index in [-0.39, 0.29) is 0 Å². The molecule has 0 saturated heterocycles. The van der Waals surface area contributed by atoms with Gasteiger partial charge in [-0.25, -0.2) is 9.78 Å². The molecule has 0 atom stereocenters. The third-order valence-electron chi connectivity index (χ3n) is 3.67. The van der Waals surface area contributed by atoms with Crippen LogP contribution in [0.15, 0.2) is 70.5 Å². The minimum absolute atomic E-state index is 0.375. The van der Waals surface area contributed by atoms with E-state index in [1.54, 1.807) is 35.4 Å². The molecule has 0 fully saturated rings. The summed E-state index contributed by atoms with van der Waals surface area (Å²) in [5, 5.41) is 19.4. The van der Waals surface area contributed by atoms with Crippen molar-refractivity contribution in [2.75, 3.05) is 0 Å². The van der Waals surface area contributed by atoms with E-state index in [0.717, 1.165) is 5.69 Å². The van der Waals surface area contributed by atoms with E-state index < -0.39 is 0 Å². The molecule has 0 aliphatic heterocycles. The van der Waals surface area contributed by atoms with Crippen LogP contribution < -0.4 is 0 Å². The van der Waals surface area contributed by atoms with Crippen LogP contribution in [0.4, 0.5) is 0 Å². The van der Waals surface area contributed by atoms with Crippen molar-refractivity contribution in [2.45, 2.75) is 6.54 Å². The van der Waals surface area contributed by atoms with E-state index in [9.17, 15) is 0 Å². The van der Waals surface area contributed by atoms with Crippen LogP contribution in [0.25, 0.3) is 17.7 Å². The van der Waals surface area contributed by atoms with Gasteiger partial charge in [-0.3, -0.25) is 0 Å². The van der Waals surface area contributed by atoms with Gasteiger partial charge in [0.2, 0.25) is 10.6 Å². The van der Waals surface area contributed by atoms with Gasteiger partial charge in [0.1, 0.15) is 5.69 Å². The smallest absolute Gasteiger partial charge is 0.219 e. The predicted molar refractivity (Wildman–Crippen MR) is 104 cm³/mol. The predicted octanol–water partition coefficient (Wildman–Crippen LogP) is 3.39. The molecule has 0 saturated carbocycles. The number of nitrogens with one attached hydrogen (secondary N) is 1. The Balaban J connectivity index is 1.44. The average Bonchev–Trinajstić information content (AvgIpc) is 3.42. The Morgan fingerprint density at radius 2 is 2.07 bits per heavy atom. The van der Waals surface area contributed by atoms with Crippen LogP contribution in [0.3, 0.4) is 0 Å². The summed E-state index contributed by atoms with van der Waals surface area (Å²) in [6.07, 6.45) is 8.62. The normalized spacial score (nSPS) is 11.7. The molecule has 1 N–H and O–H groups in total. The lowest BCUT2D eigenvalue weighted by molar-refractivity contribution is 0.573. The van der Waals surface area contributed by atoms with Gasteiger partial charge in [0, 0.05) is 6.21 Å². The van der Waals surface area contributed by atoms with Crippen LogP contribution in [0, 0.1) is 4.77 Å². The van der Waals surface area contributed by atoms with Gasteiger partial charge >= 0.3 is 0 Å². The van der Waals surface area contributed by atoms with Crippen molar-refractivity contribution in [3.63, 3.8) is 0 Å². The standard InChI is InChI=1S/C18H15N7OS/c27-18-22-21-17(16-9-5-11-26-16)25(18)19-10-4-8-15-13-24(23-20-15)12-14-6-2-1-3-7-14/h1-11,13H,12H2,(H,22,27)/b8-4+,19-10-. The molecule has 8 nitrogen and oxygen atoms in total. The van der Waals surface area contributed by atoms with Gasteiger partial charge in [-0.2, -0.15) is 9.78 Å². The summed E-state index contributed by atoms with van der Waals surface area (Å²) in [6.45, 7) is 0.673. The second-order valence-corrected chi connectivity index (χ2v) is 5.98. The van der Waals surface area contributed by atoms with E-state index in [2.05, 4.69) is 37.7 Å². The first-order chi connectivity index (χ1) is 13.3. The number of allylic oxidation sites excluding steroid dienone is 1. The highest BCUT2D eigenvalue weighted by Gasteiger charge is 2.09. The lowest BCUT2D eigenvalue weighted by Crippen LogP contribution is -1.99. The fourth-order valence-electron chi connectivity index (χ4n) is 2.45. The molecular formula is C18H15N7OS. The Bertz CT molecular complexity index is 1120. The van der Waals surface area contributed by atoms with E-state index in [0.29, 0.717) is 22.9 Å². The third kappa shape index (κ3) is 3.98. The van der Waals surface area contributed by atoms with Gasteiger partial charge in [-0.15, -0.1) is 10.2 Å². The highest BCUT2D eigenvalue weighted by atomic mass is 32.1. The molecule has 0 aliphatic rings. The molecule has 4 rings (SSSR count). The molecule has 0 radical (unpaired) electrons. The summed E-state index contributed by atoms with van der Waals surface area (Å²) in [7, 11) is 0. The topological polar surface area (TPSA) is 89.8 Å². The van der Waals surface area contributed by atoms with Crippen molar-refractivity contribution in [2.24, 2.45) is 5.10 Å². The lowest BCUT2D eigenvalue weighted by Gasteiger charge is -1.98. The molecule has 3 heterocycles. The van der Waals surface area contributed by atoms with Crippen molar-refractivity contribution < 1.29 is 4.42 Å². The number of aromatic nitrogens is 6. The van der Waals surface area contributed by atoms with Gasteiger partial charge in [-0.1, -0.05) is 35.5 Å². The lowest BCUT2D eigenvalue weighted by atomic mass is 10.2. The van der Waals surface area contributed by atoms with Crippen LogP contribution in [0.2, 0.25) is 0 Å². The average molecular weight is 377 g/mol. The summed E-state index contributed by atoms with van der Waals surface area (Å²) < 4.78 is 8.99. The molecule has 27 heavy (non-hydrogen) atoms. The van der Waals surface area contributed by atoms with Crippen LogP contribution >= 0.6 is 12.2 Å². The fourth-order valence-corrected chi connectivity index (χ4v) is 2.63. The van der Waals surface area contributed by atoms with Gasteiger partial charge < -0.3 is 4.42 Å². The van der Waals surface area contributed by atoms with Crippen molar-refractivity contribution in [1.29, 1.82) is 0 Å². The maximum atomic E-state index is 5.34. The SMILES string of the molecule is S=c1[nH]nc(-c2ccco2)n1/N=C\C=C\c1cn(Cc2ccccc2)nn1. The monoisotopic (exact) mass is 377 g/mol. The number of hydrogen-bond acceptors (Lipinski definition) is 6. The maximum Gasteiger partial charge on any atom is 0.219 e. The molecule has 3 aromatic heterocycles. The van der Waals surface area contributed by atoms with Crippen molar-refractivity contribution in [3.05, 3.63) is 77.0 Å². The molecule has 1 aromatic carbocycles. The van der Waals surface area contributed by atoms with Crippen LogP contribution in [-0.4, -0.2) is 36.1 Å². The van der Waals surface area contributed by atoms with Gasteiger partial charge in [-0.05, 0) is 42.1 Å². The zero-order valence-corrected chi connectivity index (χ0v) is 15.0. The minimum Gasteiger partial charge on any atom is -0.461 e. The van der Waals surface area contributed by atoms with E-state index in [4.69, 9.17) is 16.6 Å². The van der Waals surface area contributed by atoms with E-state index >= 15 is 0 Å². The molecule has 0 spiro atoms. The molecule has 9 heteroatoms. The number of aromatic amines is 1. The molecular weight excluding hydrogens is 362 g/mol. The number of nitrogens with zero attached hydrogens (tertiary/aromatic N) is 6. The second kappa shape index (κ2) is 7.75. The summed E-state index contributed by atoms with van der Waals surface area (Å²) >= 11 is 5.20. The third-order valence-corrected chi connectivity index (χ3v) is 3.94. The Morgan fingerprint density at radius 3 is 2.89 bits per heavy atom. The summed E-state index contributed by atoms with van der Waals surface area (Å²) in [6, 6.07) is 13.7. The first kappa shape index (κ1) is 16.9. The molecule has 134 valence electrons. The Labute approximate surface area is 159 Å². The van der Waals surface area contributed by atoms with Crippen LogP contribution in [0.5, 0.6) is 0 Å². The highest BCUT2D eigenvalue weighted by Crippen LogP contribution is 2.17. The van der Waals surface area contributed by atoms with Gasteiger partial charge in [0.05, 0.1) is 19.0 Å². The first-order valence-corrected chi connectivity index (χ1v) is 8.57. The van der Waals surface area contributed by atoms with Crippen molar-refractivity contribution in [3.8, 4) is 11.6 Å². The summed E-state index contributed by atoms with van der Waals surface area (Å²) in [4.78, 5) is 0. The largest absolute Gasteiger partial charge is 0.461 e. The van der Waals surface area contributed by atoms with Gasteiger partial charge in [0.15, 0.2) is 5.76 Å². The number of rotatable bonds is 6. The molecule has 0 bridgehead atoms. The summed E-state index contributed by atoms with van der Waals surface area (Å²) in [5.41, 5.74) is 1.90. The Kier molecular flexibility index (Phi) is 4.84. The maximum absolute atomic E-state index is 5.34. The van der Waals surface area contributed by atoms with E-state index in [1.807, 2.05) is 30.5 Å². The quantitative estimate of drug-likeness (QED) is 0.411. The van der Waals surface area contributed by atoms with Crippen molar-refractivity contribution in [1.82, 2.24) is 29.9 Å². The molecule has 0 amide bonds.